The number of carbonyl (C=O) groups excluding carboxylic acids is 2. The molecule has 1 aliphatic heterocycles. The van der Waals surface area contributed by atoms with Gasteiger partial charge in [0.1, 0.15) is 12.4 Å². The molecule has 0 aliphatic carbocycles. The zero-order chi connectivity index (χ0) is 13.3. The molecule has 0 atom stereocenters. The summed E-state index contributed by atoms with van der Waals surface area (Å²) in [5, 5.41) is 0. The lowest BCUT2D eigenvalue weighted by atomic mass is 10.1. The SMILES string of the molecule is Cc1cc(CN2CC(=O)N(C)CC2=O)ccc1F. The fourth-order valence-corrected chi connectivity index (χ4v) is 1.93. The molecule has 96 valence electrons. The summed E-state index contributed by atoms with van der Waals surface area (Å²) < 4.78 is 13.1. The fourth-order valence-electron chi connectivity index (χ4n) is 1.93. The summed E-state index contributed by atoms with van der Waals surface area (Å²) in [6.07, 6.45) is 0. The highest BCUT2D eigenvalue weighted by molar-refractivity contribution is 5.92. The Morgan fingerprint density at radius 2 is 1.94 bits per heavy atom. The third kappa shape index (κ3) is 2.50. The molecule has 0 bridgehead atoms. The van der Waals surface area contributed by atoms with E-state index < -0.39 is 0 Å². The van der Waals surface area contributed by atoms with E-state index >= 15 is 0 Å². The summed E-state index contributed by atoms with van der Waals surface area (Å²) in [5.74, 6) is -0.424. The van der Waals surface area contributed by atoms with Gasteiger partial charge in [0, 0.05) is 13.6 Å². The van der Waals surface area contributed by atoms with Crippen LogP contribution in [0, 0.1) is 12.7 Å². The number of hydrogen-bond donors (Lipinski definition) is 0. The molecule has 1 aromatic rings. The Balaban J connectivity index is 2.11. The Morgan fingerprint density at radius 3 is 2.61 bits per heavy atom. The highest BCUT2D eigenvalue weighted by atomic mass is 19.1. The van der Waals surface area contributed by atoms with Crippen molar-refractivity contribution in [1.82, 2.24) is 9.80 Å². The van der Waals surface area contributed by atoms with Gasteiger partial charge in [-0.25, -0.2) is 4.39 Å². The molecule has 5 heteroatoms. The van der Waals surface area contributed by atoms with Crippen LogP contribution in [0.15, 0.2) is 18.2 Å². The van der Waals surface area contributed by atoms with E-state index in [2.05, 4.69) is 0 Å². The van der Waals surface area contributed by atoms with Gasteiger partial charge in [-0.2, -0.15) is 0 Å². The quantitative estimate of drug-likeness (QED) is 0.783. The van der Waals surface area contributed by atoms with Gasteiger partial charge in [-0.3, -0.25) is 9.59 Å². The Bertz CT molecular complexity index is 502. The van der Waals surface area contributed by atoms with Gasteiger partial charge in [0.2, 0.25) is 11.8 Å². The van der Waals surface area contributed by atoms with Crippen molar-refractivity contribution in [3.05, 3.63) is 35.1 Å². The summed E-state index contributed by atoms with van der Waals surface area (Å²) in [5.41, 5.74) is 1.38. The van der Waals surface area contributed by atoms with Gasteiger partial charge in [0.25, 0.3) is 0 Å². The van der Waals surface area contributed by atoms with Crippen LogP contribution in [0.3, 0.4) is 0 Å². The van der Waals surface area contributed by atoms with Crippen LogP contribution in [0.5, 0.6) is 0 Å². The molecule has 18 heavy (non-hydrogen) atoms. The topological polar surface area (TPSA) is 40.6 Å². The van der Waals surface area contributed by atoms with Gasteiger partial charge in [0.15, 0.2) is 0 Å². The predicted octanol–water partition coefficient (Wildman–Crippen LogP) is 0.935. The fraction of sp³-hybridized carbons (Fsp3) is 0.385. The lowest BCUT2D eigenvalue weighted by molar-refractivity contribution is -0.149. The normalized spacial score (nSPS) is 16.4. The number of piperazine rings is 1. The number of rotatable bonds is 2. The molecule has 2 rings (SSSR count). The van der Waals surface area contributed by atoms with Gasteiger partial charge in [-0.15, -0.1) is 0 Å². The summed E-state index contributed by atoms with van der Waals surface area (Å²) >= 11 is 0. The Kier molecular flexibility index (Phi) is 3.32. The Labute approximate surface area is 105 Å². The zero-order valence-corrected chi connectivity index (χ0v) is 10.4. The Hall–Kier alpha value is -1.91. The minimum absolute atomic E-state index is 0.0755. The van der Waals surface area contributed by atoms with Gasteiger partial charge in [-0.1, -0.05) is 12.1 Å². The number of nitrogens with zero attached hydrogens (tertiary/aromatic N) is 2. The van der Waals surface area contributed by atoms with Crippen LogP contribution in [0.2, 0.25) is 0 Å². The molecule has 4 nitrogen and oxygen atoms in total. The van der Waals surface area contributed by atoms with Gasteiger partial charge in [-0.05, 0) is 24.1 Å². The summed E-state index contributed by atoms with van der Waals surface area (Å²) in [7, 11) is 1.61. The molecule has 0 N–H and O–H groups in total. The van der Waals surface area contributed by atoms with Crippen LogP contribution in [0.4, 0.5) is 4.39 Å². The van der Waals surface area contributed by atoms with Crippen LogP contribution < -0.4 is 0 Å². The van der Waals surface area contributed by atoms with E-state index in [9.17, 15) is 14.0 Å². The highest BCUT2D eigenvalue weighted by Crippen LogP contribution is 2.13. The van der Waals surface area contributed by atoms with E-state index in [0.29, 0.717) is 12.1 Å². The number of halogens is 1. The van der Waals surface area contributed by atoms with Crippen molar-refractivity contribution in [3.8, 4) is 0 Å². The average Bonchev–Trinajstić information content (AvgIpc) is 2.31. The van der Waals surface area contributed by atoms with Gasteiger partial charge >= 0.3 is 0 Å². The molecule has 2 amide bonds. The molecule has 1 saturated heterocycles. The molecular formula is C13H15FN2O2. The zero-order valence-electron chi connectivity index (χ0n) is 10.4. The minimum Gasteiger partial charge on any atom is -0.335 e. The average molecular weight is 250 g/mol. The lowest BCUT2D eigenvalue weighted by Gasteiger charge is -2.31. The molecule has 0 spiro atoms. The predicted molar refractivity (Wildman–Crippen MR) is 64.2 cm³/mol. The molecule has 0 radical (unpaired) electrons. The molecule has 0 unspecified atom stereocenters. The number of hydrogen-bond acceptors (Lipinski definition) is 2. The maximum Gasteiger partial charge on any atom is 0.242 e. The van der Waals surface area contributed by atoms with Crippen molar-refractivity contribution in [2.24, 2.45) is 0 Å². The summed E-state index contributed by atoms with van der Waals surface area (Å²) in [4.78, 5) is 26.2. The molecule has 1 heterocycles. The third-order valence-corrected chi connectivity index (χ3v) is 3.07. The van der Waals surface area contributed by atoms with E-state index in [-0.39, 0.29) is 30.7 Å². The summed E-state index contributed by atoms with van der Waals surface area (Å²) in [6.45, 7) is 2.22. The minimum atomic E-state index is -0.264. The number of amides is 2. The van der Waals surface area contributed by atoms with E-state index in [0.717, 1.165) is 5.56 Å². The molecule has 0 aromatic heterocycles. The van der Waals surface area contributed by atoms with Crippen molar-refractivity contribution < 1.29 is 14.0 Å². The van der Waals surface area contributed by atoms with Crippen LogP contribution in [-0.4, -0.2) is 41.8 Å². The third-order valence-electron chi connectivity index (χ3n) is 3.07. The van der Waals surface area contributed by atoms with E-state index in [1.165, 1.54) is 15.9 Å². The number of carbonyl (C=O) groups is 2. The molecule has 1 aromatic carbocycles. The van der Waals surface area contributed by atoms with Crippen LogP contribution in [-0.2, 0) is 16.1 Å². The largest absolute Gasteiger partial charge is 0.335 e. The second-order valence-electron chi connectivity index (χ2n) is 4.58. The van der Waals surface area contributed by atoms with Crippen LogP contribution in [0.25, 0.3) is 0 Å². The van der Waals surface area contributed by atoms with Crippen LogP contribution >= 0.6 is 0 Å². The molecular weight excluding hydrogens is 235 g/mol. The first kappa shape index (κ1) is 12.5. The first-order valence-corrected chi connectivity index (χ1v) is 5.74. The second kappa shape index (κ2) is 4.76. The first-order chi connectivity index (χ1) is 8.47. The first-order valence-electron chi connectivity index (χ1n) is 5.74. The maximum absolute atomic E-state index is 13.1. The molecule has 0 saturated carbocycles. The lowest BCUT2D eigenvalue weighted by Crippen LogP contribution is -2.51. The molecule has 1 aliphatic rings. The van der Waals surface area contributed by atoms with Gasteiger partial charge < -0.3 is 9.80 Å². The smallest absolute Gasteiger partial charge is 0.242 e. The van der Waals surface area contributed by atoms with E-state index in [1.54, 1.807) is 26.1 Å². The van der Waals surface area contributed by atoms with Crippen molar-refractivity contribution in [2.75, 3.05) is 20.1 Å². The second-order valence-corrected chi connectivity index (χ2v) is 4.58. The maximum atomic E-state index is 13.1. The number of aryl methyl sites for hydroxylation is 1. The van der Waals surface area contributed by atoms with Crippen LogP contribution in [0.1, 0.15) is 11.1 Å². The number of likely N-dealkylation sites (N-methyl/N-ethyl adjacent to an activating group) is 1. The van der Waals surface area contributed by atoms with E-state index in [1.807, 2.05) is 0 Å². The van der Waals surface area contributed by atoms with Gasteiger partial charge in [0.05, 0.1) is 6.54 Å². The molecule has 1 fully saturated rings. The monoisotopic (exact) mass is 250 g/mol. The van der Waals surface area contributed by atoms with E-state index in [4.69, 9.17) is 0 Å². The van der Waals surface area contributed by atoms with Crippen molar-refractivity contribution in [1.29, 1.82) is 0 Å². The van der Waals surface area contributed by atoms with Crippen molar-refractivity contribution >= 4 is 11.8 Å². The standard InChI is InChI=1S/C13H15FN2O2/c1-9-5-10(3-4-11(9)14)6-16-8-12(17)15(2)7-13(16)18/h3-5H,6-8H2,1-2H3. The highest BCUT2D eigenvalue weighted by Gasteiger charge is 2.27. The van der Waals surface area contributed by atoms with Crippen molar-refractivity contribution in [2.45, 2.75) is 13.5 Å². The Morgan fingerprint density at radius 1 is 1.22 bits per heavy atom. The number of benzene rings is 1. The van der Waals surface area contributed by atoms with Crippen molar-refractivity contribution in [3.63, 3.8) is 0 Å². The summed E-state index contributed by atoms with van der Waals surface area (Å²) in [6, 6.07) is 4.72.